The molecule has 0 amide bonds. The fourth-order valence-corrected chi connectivity index (χ4v) is 2.39. The molecule has 1 aromatic heterocycles. The van der Waals surface area contributed by atoms with Crippen LogP contribution < -0.4 is 5.56 Å². The van der Waals surface area contributed by atoms with Gasteiger partial charge in [-0.3, -0.25) is 4.79 Å². The average molecular weight is 352 g/mol. The predicted molar refractivity (Wildman–Crippen MR) is 86.8 cm³/mol. The lowest BCUT2D eigenvalue weighted by Crippen LogP contribution is -2.05. The highest BCUT2D eigenvalue weighted by atomic mass is 35.5. The van der Waals surface area contributed by atoms with Crippen LogP contribution in [0, 0.1) is 5.82 Å². The lowest BCUT2D eigenvalue weighted by atomic mass is 10.2. The molecule has 5 nitrogen and oxygen atoms in total. The van der Waals surface area contributed by atoms with Gasteiger partial charge in [-0.05, 0) is 24.3 Å². The second-order valence-corrected chi connectivity index (χ2v) is 5.40. The summed E-state index contributed by atoms with van der Waals surface area (Å²) in [5.41, 5.74) is -0.594. The number of fused-ring (bicyclic) bond motifs is 1. The monoisotopic (exact) mass is 351 g/mol. The van der Waals surface area contributed by atoms with Crippen LogP contribution >= 0.6 is 23.2 Å². The molecule has 0 fully saturated rings. The summed E-state index contributed by atoms with van der Waals surface area (Å²) in [6.45, 7) is 0. The molecular formula is C15H8Cl2FN3O2. The number of aromatic hydroxyl groups is 1. The Bertz CT molecular complexity index is 1000. The van der Waals surface area contributed by atoms with E-state index in [2.05, 4.69) is 15.2 Å². The first kappa shape index (κ1) is 15.5. The number of H-pyrrole nitrogens is 1. The number of pyridine rings is 1. The maximum Gasteiger partial charge on any atom is 0.280 e. The van der Waals surface area contributed by atoms with Gasteiger partial charge in [-0.2, -0.15) is 5.11 Å². The van der Waals surface area contributed by atoms with E-state index in [1.54, 1.807) is 0 Å². The predicted octanol–water partition coefficient (Wildman–Crippen LogP) is 5.10. The van der Waals surface area contributed by atoms with Gasteiger partial charge < -0.3 is 10.1 Å². The summed E-state index contributed by atoms with van der Waals surface area (Å²) in [6.07, 6.45) is 0. The first-order valence-corrected chi connectivity index (χ1v) is 7.13. The zero-order chi connectivity index (χ0) is 16.6. The number of hydrogen-bond donors (Lipinski definition) is 2. The van der Waals surface area contributed by atoms with Gasteiger partial charge in [0, 0.05) is 11.5 Å². The fraction of sp³-hybridized carbons (Fsp3) is 0. The van der Waals surface area contributed by atoms with Crippen molar-refractivity contribution >= 4 is 45.5 Å². The van der Waals surface area contributed by atoms with E-state index in [0.29, 0.717) is 0 Å². The first-order chi connectivity index (χ1) is 11.0. The van der Waals surface area contributed by atoms with Crippen molar-refractivity contribution in [2.45, 2.75) is 0 Å². The molecule has 8 heteroatoms. The Hall–Kier alpha value is -2.44. The number of hydrogen-bond acceptors (Lipinski definition) is 4. The average Bonchev–Trinajstić information content (AvgIpc) is 2.51. The number of benzene rings is 2. The summed E-state index contributed by atoms with van der Waals surface area (Å²) in [4.78, 5) is 14.6. The Morgan fingerprint density at radius 2 is 1.91 bits per heavy atom. The second-order valence-electron chi connectivity index (χ2n) is 4.62. The van der Waals surface area contributed by atoms with Crippen LogP contribution in [0.25, 0.3) is 10.9 Å². The zero-order valence-electron chi connectivity index (χ0n) is 11.3. The molecule has 0 atom stereocenters. The highest BCUT2D eigenvalue weighted by Gasteiger charge is 2.15. The number of nitrogens with zero attached hydrogens (tertiary/aromatic N) is 2. The van der Waals surface area contributed by atoms with Crippen molar-refractivity contribution in [2.24, 2.45) is 10.2 Å². The molecule has 3 rings (SSSR count). The van der Waals surface area contributed by atoms with Crippen LogP contribution in [0.1, 0.15) is 0 Å². The molecule has 0 aliphatic heterocycles. The molecular weight excluding hydrogens is 344 g/mol. The van der Waals surface area contributed by atoms with Gasteiger partial charge in [-0.25, -0.2) is 4.39 Å². The van der Waals surface area contributed by atoms with Gasteiger partial charge >= 0.3 is 0 Å². The number of rotatable bonds is 2. The van der Waals surface area contributed by atoms with E-state index in [-0.39, 0.29) is 38.1 Å². The minimum Gasteiger partial charge on any atom is -0.505 e. The Morgan fingerprint density at radius 1 is 1.13 bits per heavy atom. The third kappa shape index (κ3) is 2.91. The van der Waals surface area contributed by atoms with Gasteiger partial charge in [0.15, 0.2) is 11.4 Å². The minimum absolute atomic E-state index is 0.116. The second kappa shape index (κ2) is 5.98. The van der Waals surface area contributed by atoms with Gasteiger partial charge in [-0.1, -0.05) is 29.3 Å². The quantitative estimate of drug-likeness (QED) is 0.630. The lowest BCUT2D eigenvalue weighted by Gasteiger charge is -2.06. The molecule has 0 aliphatic carbocycles. The molecule has 116 valence electrons. The standard InChI is InChI=1S/C15H8Cl2FN3O2/c16-10-5-4-9-12(11(10)17)19-15(23)13(14(9)22)21-20-8-3-1-2-7(18)6-8/h1-6H,(H2,19,22,23). The Labute approximate surface area is 139 Å². The largest absolute Gasteiger partial charge is 0.505 e. The normalized spacial score (nSPS) is 11.4. The van der Waals surface area contributed by atoms with Crippen molar-refractivity contribution in [3.8, 4) is 5.75 Å². The van der Waals surface area contributed by atoms with Crippen LogP contribution in [0.5, 0.6) is 5.75 Å². The van der Waals surface area contributed by atoms with E-state index in [1.807, 2.05) is 0 Å². The zero-order valence-corrected chi connectivity index (χ0v) is 12.9. The molecule has 0 unspecified atom stereocenters. The van der Waals surface area contributed by atoms with Gasteiger partial charge in [0.1, 0.15) is 5.82 Å². The van der Waals surface area contributed by atoms with E-state index >= 15 is 0 Å². The van der Waals surface area contributed by atoms with Crippen molar-refractivity contribution < 1.29 is 9.50 Å². The first-order valence-electron chi connectivity index (χ1n) is 6.37. The smallest absolute Gasteiger partial charge is 0.280 e. The Kier molecular flexibility index (Phi) is 4.02. The van der Waals surface area contributed by atoms with Crippen molar-refractivity contribution in [2.75, 3.05) is 0 Å². The van der Waals surface area contributed by atoms with Crippen LogP contribution in [0.3, 0.4) is 0 Å². The summed E-state index contributed by atoms with van der Waals surface area (Å²) < 4.78 is 13.1. The number of azo groups is 1. The van der Waals surface area contributed by atoms with Crippen molar-refractivity contribution in [3.63, 3.8) is 0 Å². The molecule has 0 spiro atoms. The van der Waals surface area contributed by atoms with E-state index < -0.39 is 11.4 Å². The summed E-state index contributed by atoms with van der Waals surface area (Å²) in [6, 6.07) is 8.34. The fourth-order valence-electron chi connectivity index (χ4n) is 2.02. The van der Waals surface area contributed by atoms with Gasteiger partial charge in [0.05, 0.1) is 21.2 Å². The van der Waals surface area contributed by atoms with Crippen molar-refractivity contribution in [1.29, 1.82) is 0 Å². The third-order valence-electron chi connectivity index (χ3n) is 3.10. The molecule has 2 aromatic carbocycles. The topological polar surface area (TPSA) is 77.8 Å². The number of halogens is 3. The summed E-state index contributed by atoms with van der Waals surface area (Å²) in [5, 5.41) is 18.3. The molecule has 0 saturated carbocycles. The van der Waals surface area contributed by atoms with Crippen LogP contribution in [-0.2, 0) is 0 Å². The molecule has 2 N–H and O–H groups in total. The van der Waals surface area contributed by atoms with Gasteiger partial charge in [0.25, 0.3) is 5.56 Å². The van der Waals surface area contributed by atoms with E-state index in [1.165, 1.54) is 30.3 Å². The highest BCUT2D eigenvalue weighted by molar-refractivity contribution is 6.45. The molecule has 1 heterocycles. The number of aromatic nitrogens is 1. The van der Waals surface area contributed by atoms with Crippen LogP contribution in [-0.4, -0.2) is 10.1 Å². The minimum atomic E-state index is -0.695. The number of aromatic amines is 1. The Morgan fingerprint density at radius 3 is 2.65 bits per heavy atom. The summed E-state index contributed by atoms with van der Waals surface area (Å²) >= 11 is 11.9. The van der Waals surface area contributed by atoms with E-state index in [4.69, 9.17) is 23.2 Å². The molecule has 0 radical (unpaired) electrons. The van der Waals surface area contributed by atoms with Crippen LogP contribution in [0.4, 0.5) is 15.8 Å². The maximum atomic E-state index is 13.1. The Balaban J connectivity index is 2.15. The molecule has 23 heavy (non-hydrogen) atoms. The highest BCUT2D eigenvalue weighted by Crippen LogP contribution is 2.36. The van der Waals surface area contributed by atoms with E-state index in [9.17, 15) is 14.3 Å². The van der Waals surface area contributed by atoms with Crippen LogP contribution in [0.2, 0.25) is 10.0 Å². The van der Waals surface area contributed by atoms with Gasteiger partial charge in [0.2, 0.25) is 0 Å². The molecule has 3 aromatic rings. The van der Waals surface area contributed by atoms with Crippen LogP contribution in [0.15, 0.2) is 51.4 Å². The van der Waals surface area contributed by atoms with Gasteiger partial charge in [-0.15, -0.1) is 5.11 Å². The molecule has 0 saturated heterocycles. The van der Waals surface area contributed by atoms with Crippen molar-refractivity contribution in [3.05, 3.63) is 62.6 Å². The lowest BCUT2D eigenvalue weighted by molar-refractivity contribution is 0.481. The molecule has 0 aliphatic rings. The summed E-state index contributed by atoms with van der Waals surface area (Å²) in [7, 11) is 0. The summed E-state index contributed by atoms with van der Waals surface area (Å²) in [5.74, 6) is -0.873. The SMILES string of the molecule is O=c1[nH]c2c(Cl)c(Cl)ccc2c(O)c1N=Nc1cccc(F)c1. The molecule has 0 bridgehead atoms. The van der Waals surface area contributed by atoms with Crippen molar-refractivity contribution in [1.82, 2.24) is 4.98 Å². The van der Waals surface area contributed by atoms with E-state index in [0.717, 1.165) is 6.07 Å². The maximum absolute atomic E-state index is 13.1. The number of nitrogens with one attached hydrogen (secondary N) is 1. The third-order valence-corrected chi connectivity index (χ3v) is 3.91.